The van der Waals surface area contributed by atoms with E-state index in [-0.39, 0.29) is 6.54 Å². The summed E-state index contributed by atoms with van der Waals surface area (Å²) >= 11 is 0. The van der Waals surface area contributed by atoms with E-state index in [1.165, 1.54) is 0 Å². The molecule has 1 saturated heterocycles. The molecular weight excluding hydrogens is 201 g/mol. The van der Waals surface area contributed by atoms with Crippen LogP contribution in [0.5, 0.6) is 0 Å². The van der Waals surface area contributed by atoms with Gasteiger partial charge in [0, 0.05) is 13.1 Å². The molecule has 0 radical (unpaired) electrons. The molecule has 0 aromatic heterocycles. The average molecular weight is 210 g/mol. The Labute approximate surface area is 78.1 Å². The van der Waals surface area contributed by atoms with E-state index < -0.39 is 24.5 Å². The van der Waals surface area contributed by atoms with Gasteiger partial charge in [0.1, 0.15) is 0 Å². The first-order valence-corrected chi connectivity index (χ1v) is 4.04. The van der Waals surface area contributed by atoms with Crippen molar-refractivity contribution < 1.29 is 22.8 Å². The summed E-state index contributed by atoms with van der Waals surface area (Å²) in [6.07, 6.45) is -4.56. The molecule has 1 aliphatic heterocycles. The van der Waals surface area contributed by atoms with Crippen LogP contribution in [0.3, 0.4) is 0 Å². The third kappa shape index (κ3) is 2.61. The zero-order chi connectivity index (χ0) is 10.8. The third-order valence-corrected chi connectivity index (χ3v) is 1.79. The largest absolute Gasteiger partial charge is 0.471 e. The Morgan fingerprint density at radius 3 is 2.64 bits per heavy atom. The topological polar surface area (TPSA) is 49.4 Å². The Morgan fingerprint density at radius 2 is 2.07 bits per heavy atom. The van der Waals surface area contributed by atoms with Crippen molar-refractivity contribution in [1.82, 2.24) is 10.2 Å². The summed E-state index contributed by atoms with van der Waals surface area (Å²) in [6.45, 7) is -0.254. The molecule has 80 valence electrons. The molecule has 7 heteroatoms. The van der Waals surface area contributed by atoms with Crippen LogP contribution in [0.15, 0.2) is 0 Å². The van der Waals surface area contributed by atoms with E-state index in [1.807, 2.05) is 0 Å². The Morgan fingerprint density at radius 1 is 1.43 bits per heavy atom. The molecule has 0 spiro atoms. The molecule has 0 bridgehead atoms. The fourth-order valence-electron chi connectivity index (χ4n) is 1.16. The van der Waals surface area contributed by atoms with E-state index >= 15 is 0 Å². The van der Waals surface area contributed by atoms with E-state index in [0.29, 0.717) is 17.9 Å². The average Bonchev–Trinajstić information content (AvgIpc) is 2.26. The van der Waals surface area contributed by atoms with Crippen LogP contribution in [0.4, 0.5) is 13.2 Å². The van der Waals surface area contributed by atoms with E-state index in [1.54, 1.807) is 0 Å². The van der Waals surface area contributed by atoms with Gasteiger partial charge in [-0.15, -0.1) is 0 Å². The Hall–Kier alpha value is -1.27. The maximum atomic E-state index is 12.0. The van der Waals surface area contributed by atoms with Crippen molar-refractivity contribution in [2.45, 2.75) is 12.6 Å². The number of nitrogens with zero attached hydrogens (tertiary/aromatic N) is 1. The van der Waals surface area contributed by atoms with Crippen LogP contribution in [0, 0.1) is 0 Å². The Kier molecular flexibility index (Phi) is 2.97. The van der Waals surface area contributed by atoms with Gasteiger partial charge >= 0.3 is 12.1 Å². The molecule has 0 unspecified atom stereocenters. The predicted octanol–water partition coefficient (Wildman–Crippen LogP) is -0.103. The van der Waals surface area contributed by atoms with Gasteiger partial charge in [-0.05, 0) is 6.42 Å². The van der Waals surface area contributed by atoms with E-state index in [0.717, 1.165) is 0 Å². The second kappa shape index (κ2) is 3.85. The molecule has 1 rings (SSSR count). The minimum Gasteiger partial charge on any atom is -0.354 e. The monoisotopic (exact) mass is 210 g/mol. The van der Waals surface area contributed by atoms with Gasteiger partial charge in [0.2, 0.25) is 5.91 Å². The molecule has 1 heterocycles. The maximum absolute atomic E-state index is 12.0. The van der Waals surface area contributed by atoms with Crippen LogP contribution in [0.2, 0.25) is 0 Å². The summed E-state index contributed by atoms with van der Waals surface area (Å²) in [4.78, 5) is 22.1. The van der Waals surface area contributed by atoms with Crippen molar-refractivity contribution in [2.24, 2.45) is 0 Å². The van der Waals surface area contributed by atoms with Crippen molar-refractivity contribution in [2.75, 3.05) is 19.6 Å². The molecule has 2 amide bonds. The quantitative estimate of drug-likeness (QED) is 0.606. The highest BCUT2D eigenvalue weighted by Crippen LogP contribution is 2.18. The predicted molar refractivity (Wildman–Crippen MR) is 40.3 cm³/mol. The molecule has 14 heavy (non-hydrogen) atoms. The van der Waals surface area contributed by atoms with Crippen LogP contribution in [-0.2, 0) is 9.59 Å². The highest BCUT2D eigenvalue weighted by molar-refractivity contribution is 5.87. The van der Waals surface area contributed by atoms with Gasteiger partial charge in [-0.3, -0.25) is 9.59 Å². The summed E-state index contributed by atoms with van der Waals surface area (Å²) in [7, 11) is 0. The van der Waals surface area contributed by atoms with Crippen LogP contribution in [0.1, 0.15) is 6.42 Å². The SMILES string of the molecule is O=C1CN(C(=O)C(F)(F)F)CCCN1. The van der Waals surface area contributed by atoms with Gasteiger partial charge in [-0.1, -0.05) is 0 Å². The van der Waals surface area contributed by atoms with E-state index in [9.17, 15) is 22.8 Å². The lowest BCUT2D eigenvalue weighted by molar-refractivity contribution is -0.185. The number of hydrogen-bond donors (Lipinski definition) is 1. The summed E-state index contributed by atoms with van der Waals surface area (Å²) < 4.78 is 35.9. The standard InChI is InChI=1S/C7H9F3N2O2/c8-7(9,10)6(14)12-3-1-2-11-5(13)4-12/h1-4H2,(H,11,13). The van der Waals surface area contributed by atoms with Crippen molar-refractivity contribution in [3.8, 4) is 0 Å². The van der Waals surface area contributed by atoms with Crippen LogP contribution in [-0.4, -0.2) is 42.5 Å². The summed E-state index contributed by atoms with van der Waals surface area (Å²) in [5.74, 6) is -2.50. The van der Waals surface area contributed by atoms with Gasteiger partial charge in [0.15, 0.2) is 0 Å². The molecule has 1 N–H and O–H groups in total. The van der Waals surface area contributed by atoms with Gasteiger partial charge < -0.3 is 10.2 Å². The normalized spacial score (nSPS) is 18.8. The van der Waals surface area contributed by atoms with Crippen molar-refractivity contribution in [1.29, 1.82) is 0 Å². The molecule has 0 atom stereocenters. The number of amides is 2. The van der Waals surface area contributed by atoms with E-state index in [4.69, 9.17) is 0 Å². The lowest BCUT2D eigenvalue weighted by Crippen LogP contribution is -2.44. The first-order chi connectivity index (χ1) is 6.41. The second-order valence-corrected chi connectivity index (χ2v) is 2.93. The highest BCUT2D eigenvalue weighted by Gasteiger charge is 2.43. The second-order valence-electron chi connectivity index (χ2n) is 2.93. The van der Waals surface area contributed by atoms with Gasteiger partial charge in [0.25, 0.3) is 0 Å². The smallest absolute Gasteiger partial charge is 0.354 e. The number of alkyl halides is 3. The molecule has 0 aromatic carbocycles. The Balaban J connectivity index is 2.66. The van der Waals surface area contributed by atoms with Crippen LogP contribution < -0.4 is 5.32 Å². The molecule has 1 fully saturated rings. The lowest BCUT2D eigenvalue weighted by atomic mass is 10.4. The van der Waals surface area contributed by atoms with Gasteiger partial charge in [-0.25, -0.2) is 0 Å². The molecular formula is C7H9F3N2O2. The molecule has 4 nitrogen and oxygen atoms in total. The third-order valence-electron chi connectivity index (χ3n) is 1.79. The molecule has 0 saturated carbocycles. The van der Waals surface area contributed by atoms with Crippen molar-refractivity contribution in [3.63, 3.8) is 0 Å². The van der Waals surface area contributed by atoms with Crippen LogP contribution in [0.25, 0.3) is 0 Å². The highest BCUT2D eigenvalue weighted by atomic mass is 19.4. The van der Waals surface area contributed by atoms with Crippen molar-refractivity contribution in [3.05, 3.63) is 0 Å². The number of rotatable bonds is 0. The van der Waals surface area contributed by atoms with Gasteiger partial charge in [-0.2, -0.15) is 13.2 Å². The molecule has 0 aliphatic carbocycles. The fourth-order valence-corrected chi connectivity index (χ4v) is 1.16. The maximum Gasteiger partial charge on any atom is 0.471 e. The molecule has 0 aromatic rings. The number of hydrogen-bond acceptors (Lipinski definition) is 2. The summed E-state index contributed by atoms with van der Waals surface area (Å²) in [5, 5.41) is 2.38. The first-order valence-electron chi connectivity index (χ1n) is 4.04. The first kappa shape index (κ1) is 10.8. The van der Waals surface area contributed by atoms with E-state index in [2.05, 4.69) is 5.32 Å². The number of nitrogens with one attached hydrogen (secondary N) is 1. The zero-order valence-corrected chi connectivity index (χ0v) is 7.23. The van der Waals surface area contributed by atoms with Crippen molar-refractivity contribution >= 4 is 11.8 Å². The zero-order valence-electron chi connectivity index (χ0n) is 7.23. The van der Waals surface area contributed by atoms with Gasteiger partial charge in [0.05, 0.1) is 6.54 Å². The van der Waals surface area contributed by atoms with Crippen LogP contribution >= 0.6 is 0 Å². The minimum atomic E-state index is -4.90. The number of halogens is 3. The Bertz CT molecular complexity index is 252. The lowest BCUT2D eigenvalue weighted by Gasteiger charge is -2.19. The summed E-state index contributed by atoms with van der Waals surface area (Å²) in [6, 6.07) is 0. The number of carbonyl (C=O) groups is 2. The number of carbonyl (C=O) groups excluding carboxylic acids is 2. The molecule has 1 aliphatic rings. The fraction of sp³-hybridized carbons (Fsp3) is 0.714. The minimum absolute atomic E-state index is 0.0446. The summed E-state index contributed by atoms with van der Waals surface area (Å²) in [5.41, 5.74) is 0.